The van der Waals surface area contributed by atoms with Crippen molar-refractivity contribution in [2.75, 3.05) is 0 Å². The number of nitrogens with one attached hydrogen (secondary N) is 1. The number of pyridine rings is 1. The van der Waals surface area contributed by atoms with E-state index in [1.807, 2.05) is 29.8 Å². The number of rotatable bonds is 8. The minimum absolute atomic E-state index is 0.0976. The number of aryl methyl sites for hydroxylation is 1. The van der Waals surface area contributed by atoms with Gasteiger partial charge < -0.3 is 4.98 Å². The van der Waals surface area contributed by atoms with Gasteiger partial charge >= 0.3 is 0 Å². The fourth-order valence-electron chi connectivity index (χ4n) is 5.42. The van der Waals surface area contributed by atoms with Crippen molar-refractivity contribution in [3.8, 4) is 0 Å². The van der Waals surface area contributed by atoms with Gasteiger partial charge in [-0.25, -0.2) is 9.07 Å². The lowest BCUT2D eigenvalue weighted by Gasteiger charge is -2.32. The molecule has 1 N–H and O–H groups in total. The Labute approximate surface area is 210 Å². The van der Waals surface area contributed by atoms with Gasteiger partial charge in [-0.15, -0.1) is 5.10 Å². The minimum atomic E-state index is -0.264. The highest BCUT2D eigenvalue weighted by Gasteiger charge is 2.29. The van der Waals surface area contributed by atoms with Crippen molar-refractivity contribution in [1.29, 1.82) is 0 Å². The molecule has 0 spiro atoms. The predicted octanol–water partition coefficient (Wildman–Crippen LogP) is 5.62. The van der Waals surface area contributed by atoms with E-state index in [0.29, 0.717) is 24.7 Å². The van der Waals surface area contributed by atoms with Crippen molar-refractivity contribution in [1.82, 2.24) is 30.1 Å². The van der Waals surface area contributed by atoms with Gasteiger partial charge in [-0.1, -0.05) is 49.9 Å². The molecule has 1 fully saturated rings. The molecule has 1 aliphatic carbocycles. The number of benzene rings is 2. The molecular weight excluding hydrogens is 455 g/mol. The number of fused-ring (bicyclic) bond motifs is 1. The average molecular weight is 489 g/mol. The van der Waals surface area contributed by atoms with Gasteiger partial charge in [-0.2, -0.15) is 0 Å². The van der Waals surface area contributed by atoms with E-state index in [1.54, 1.807) is 12.1 Å². The van der Waals surface area contributed by atoms with Crippen molar-refractivity contribution in [3.63, 3.8) is 0 Å². The van der Waals surface area contributed by atoms with E-state index in [0.717, 1.165) is 47.1 Å². The number of tetrazole rings is 1. The summed E-state index contributed by atoms with van der Waals surface area (Å²) >= 11 is 0. The van der Waals surface area contributed by atoms with Crippen molar-refractivity contribution in [2.24, 2.45) is 0 Å². The largest absolute Gasteiger partial charge is 0.322 e. The molecule has 0 aliphatic heterocycles. The van der Waals surface area contributed by atoms with Crippen molar-refractivity contribution in [2.45, 2.75) is 77.5 Å². The second-order valence-electron chi connectivity index (χ2n) is 9.94. The van der Waals surface area contributed by atoms with Gasteiger partial charge in [0.15, 0.2) is 5.82 Å². The van der Waals surface area contributed by atoms with Crippen LogP contribution in [0.25, 0.3) is 10.9 Å². The van der Waals surface area contributed by atoms with Gasteiger partial charge in [0.25, 0.3) is 5.56 Å². The maximum Gasteiger partial charge on any atom is 0.252 e. The summed E-state index contributed by atoms with van der Waals surface area (Å²) in [5, 5.41) is 13.9. The Morgan fingerprint density at radius 2 is 1.86 bits per heavy atom. The van der Waals surface area contributed by atoms with Gasteiger partial charge in [0.05, 0.1) is 12.1 Å². The lowest BCUT2D eigenvalue weighted by molar-refractivity contribution is 0.155. The van der Waals surface area contributed by atoms with Crippen molar-refractivity contribution >= 4 is 10.9 Å². The van der Waals surface area contributed by atoms with Crippen LogP contribution < -0.4 is 5.56 Å². The Hall–Kier alpha value is -3.39. The topological polar surface area (TPSA) is 79.7 Å². The molecule has 2 aromatic carbocycles. The lowest BCUT2D eigenvalue weighted by Crippen LogP contribution is -2.33. The second kappa shape index (κ2) is 10.7. The number of halogens is 1. The molecule has 1 saturated carbocycles. The van der Waals surface area contributed by atoms with Crippen LogP contribution in [0.15, 0.2) is 53.3 Å². The quantitative estimate of drug-likeness (QED) is 0.348. The lowest BCUT2D eigenvalue weighted by atomic mass is 9.95. The molecule has 0 amide bonds. The Balaban J connectivity index is 1.53. The van der Waals surface area contributed by atoms with Crippen LogP contribution >= 0.6 is 0 Å². The molecular formula is C28H33FN6O. The fourth-order valence-corrected chi connectivity index (χ4v) is 5.42. The van der Waals surface area contributed by atoms with E-state index >= 15 is 0 Å². The van der Waals surface area contributed by atoms with E-state index in [4.69, 9.17) is 0 Å². The first-order chi connectivity index (χ1) is 17.5. The van der Waals surface area contributed by atoms with Crippen LogP contribution in [-0.4, -0.2) is 30.1 Å². The molecule has 1 aliphatic rings. The zero-order valence-corrected chi connectivity index (χ0v) is 21.0. The summed E-state index contributed by atoms with van der Waals surface area (Å²) in [6.45, 7) is 5.13. The molecule has 4 aromatic rings. The second-order valence-corrected chi connectivity index (χ2v) is 9.94. The van der Waals surface area contributed by atoms with E-state index in [1.165, 1.54) is 31.4 Å². The molecule has 7 nitrogen and oxygen atoms in total. The fraction of sp³-hybridized carbons (Fsp3) is 0.429. The van der Waals surface area contributed by atoms with Crippen LogP contribution in [0.2, 0.25) is 0 Å². The van der Waals surface area contributed by atoms with E-state index in [-0.39, 0.29) is 17.4 Å². The summed E-state index contributed by atoms with van der Waals surface area (Å²) in [6, 6.07) is 14.8. The van der Waals surface area contributed by atoms with E-state index in [2.05, 4.69) is 38.4 Å². The summed E-state index contributed by atoms with van der Waals surface area (Å²) < 4.78 is 15.6. The van der Waals surface area contributed by atoms with Crippen LogP contribution in [0, 0.1) is 12.7 Å². The zero-order chi connectivity index (χ0) is 25.1. The van der Waals surface area contributed by atoms with E-state index < -0.39 is 0 Å². The number of nitrogens with zero attached hydrogens (tertiary/aromatic N) is 5. The number of H-pyrrole nitrogens is 1. The summed E-state index contributed by atoms with van der Waals surface area (Å²) in [7, 11) is 0. The normalized spacial score (nSPS) is 15.6. The van der Waals surface area contributed by atoms with Crippen LogP contribution in [0.1, 0.15) is 80.0 Å². The van der Waals surface area contributed by atoms with Gasteiger partial charge in [-0.3, -0.25) is 9.69 Å². The smallest absolute Gasteiger partial charge is 0.252 e. The summed E-state index contributed by atoms with van der Waals surface area (Å²) in [5.41, 5.74) is 3.52. The van der Waals surface area contributed by atoms with Crippen molar-refractivity contribution < 1.29 is 4.39 Å². The third kappa shape index (κ3) is 5.23. The van der Waals surface area contributed by atoms with Gasteiger partial charge in [0.1, 0.15) is 5.82 Å². The Bertz CT molecular complexity index is 1370. The third-order valence-electron chi connectivity index (χ3n) is 7.31. The maximum atomic E-state index is 13.6. The molecule has 0 saturated heterocycles. The Kier molecular flexibility index (Phi) is 7.23. The minimum Gasteiger partial charge on any atom is -0.322 e. The van der Waals surface area contributed by atoms with Gasteiger partial charge in [-0.05, 0) is 77.9 Å². The first kappa shape index (κ1) is 24.3. The average Bonchev–Trinajstić information content (AvgIpc) is 3.36. The summed E-state index contributed by atoms with van der Waals surface area (Å²) in [6.07, 6.45) is 6.56. The molecule has 8 heteroatoms. The Morgan fingerprint density at radius 1 is 1.08 bits per heavy atom. The molecule has 0 bridgehead atoms. The first-order valence-corrected chi connectivity index (χ1v) is 12.9. The molecule has 36 heavy (non-hydrogen) atoms. The predicted molar refractivity (Wildman–Crippen MR) is 138 cm³/mol. The van der Waals surface area contributed by atoms with Crippen LogP contribution in [-0.2, 0) is 13.1 Å². The van der Waals surface area contributed by atoms with E-state index in [9.17, 15) is 9.18 Å². The summed E-state index contributed by atoms with van der Waals surface area (Å²) in [4.78, 5) is 18.4. The molecule has 2 aromatic heterocycles. The van der Waals surface area contributed by atoms with Crippen molar-refractivity contribution in [3.05, 3.63) is 87.2 Å². The maximum absolute atomic E-state index is 13.6. The Morgan fingerprint density at radius 3 is 2.61 bits per heavy atom. The highest BCUT2D eigenvalue weighted by atomic mass is 19.1. The van der Waals surface area contributed by atoms with Gasteiger partial charge in [0.2, 0.25) is 0 Å². The van der Waals surface area contributed by atoms with Gasteiger partial charge in [0, 0.05) is 24.2 Å². The monoisotopic (exact) mass is 488 g/mol. The highest BCUT2D eigenvalue weighted by molar-refractivity contribution is 5.79. The molecule has 188 valence electrons. The number of hydrogen-bond acceptors (Lipinski definition) is 5. The standard InChI is InChI=1S/C28H33FN6O/c1-3-26(27-31-32-33-35(27)24-7-5-4-6-8-24)34(17-20-10-12-23(29)13-11-20)18-22-16-21-15-19(2)9-14-25(21)30-28(22)36/h9-16,24,26H,3-8,17-18H2,1-2H3,(H,30,36). The molecule has 1 unspecified atom stereocenters. The zero-order valence-electron chi connectivity index (χ0n) is 21.0. The third-order valence-corrected chi connectivity index (χ3v) is 7.31. The highest BCUT2D eigenvalue weighted by Crippen LogP contribution is 2.32. The van der Waals surface area contributed by atoms with Crippen LogP contribution in [0.3, 0.4) is 0 Å². The summed E-state index contributed by atoms with van der Waals surface area (Å²) in [5.74, 6) is 0.569. The first-order valence-electron chi connectivity index (χ1n) is 12.9. The molecule has 2 heterocycles. The number of aromatic amines is 1. The van der Waals surface area contributed by atoms with Crippen LogP contribution in [0.4, 0.5) is 4.39 Å². The molecule has 0 radical (unpaired) electrons. The number of hydrogen-bond donors (Lipinski definition) is 1. The SMILES string of the molecule is CCC(c1nnnn1C1CCCCC1)N(Cc1ccc(F)cc1)Cc1cc2cc(C)ccc2[nH]c1=O. The molecule has 1 atom stereocenters. The number of aromatic nitrogens is 5. The van der Waals surface area contributed by atoms with Crippen LogP contribution in [0.5, 0.6) is 0 Å². The molecule has 5 rings (SSSR count).